The van der Waals surface area contributed by atoms with E-state index in [1.165, 1.54) is 11.1 Å². The minimum Gasteiger partial charge on any atom is -0.454 e. The molecule has 5 nitrogen and oxygen atoms in total. The van der Waals surface area contributed by atoms with E-state index in [9.17, 15) is 0 Å². The second-order valence-corrected chi connectivity index (χ2v) is 9.42. The number of thiocarbonyl (C=S) groups is 1. The topological polar surface area (TPSA) is 51.0 Å². The first kappa shape index (κ1) is 20.6. The Morgan fingerprint density at radius 1 is 1.16 bits per heavy atom. The molecule has 5 rings (SSSR count). The van der Waals surface area contributed by atoms with E-state index >= 15 is 0 Å². The van der Waals surface area contributed by atoms with Crippen LogP contribution in [0.5, 0.6) is 11.5 Å². The van der Waals surface area contributed by atoms with Crippen molar-refractivity contribution in [1.82, 2.24) is 9.80 Å². The number of likely N-dealkylation sites (tertiary alicyclic amines) is 1. The van der Waals surface area contributed by atoms with E-state index in [0.29, 0.717) is 24.0 Å². The van der Waals surface area contributed by atoms with E-state index in [4.69, 9.17) is 27.4 Å². The van der Waals surface area contributed by atoms with Crippen molar-refractivity contribution in [1.29, 1.82) is 0 Å². The molecule has 2 aliphatic heterocycles. The fourth-order valence-electron chi connectivity index (χ4n) is 6.05. The summed E-state index contributed by atoms with van der Waals surface area (Å²) in [5.74, 6) is 1.74. The molecule has 2 heterocycles. The van der Waals surface area contributed by atoms with Gasteiger partial charge in [-0.15, -0.1) is 0 Å². The van der Waals surface area contributed by atoms with E-state index < -0.39 is 0 Å². The van der Waals surface area contributed by atoms with Gasteiger partial charge in [0, 0.05) is 30.6 Å². The van der Waals surface area contributed by atoms with Gasteiger partial charge < -0.3 is 20.1 Å². The zero-order valence-corrected chi connectivity index (χ0v) is 18.9. The summed E-state index contributed by atoms with van der Waals surface area (Å²) in [4.78, 5) is 4.90. The Labute approximate surface area is 190 Å². The maximum Gasteiger partial charge on any atom is 0.231 e. The predicted molar refractivity (Wildman–Crippen MR) is 126 cm³/mol. The SMILES string of the molecule is CCN(C(N)=S)[C@H]1CC[C@@]2(c3ccc4c(c3)OCO4)CCN(Cc3ccccc3)[C@H]2C1. The molecule has 1 saturated carbocycles. The van der Waals surface area contributed by atoms with Crippen LogP contribution >= 0.6 is 12.2 Å². The van der Waals surface area contributed by atoms with Gasteiger partial charge in [-0.3, -0.25) is 4.90 Å². The normalized spacial score (nSPS) is 27.1. The molecule has 0 aromatic heterocycles. The van der Waals surface area contributed by atoms with Crippen molar-refractivity contribution < 1.29 is 9.47 Å². The maximum atomic E-state index is 6.09. The van der Waals surface area contributed by atoms with Crippen LogP contribution in [0.3, 0.4) is 0 Å². The maximum absolute atomic E-state index is 6.09. The third kappa shape index (κ3) is 3.66. The second-order valence-electron chi connectivity index (χ2n) is 9.00. The zero-order chi connectivity index (χ0) is 21.4. The highest BCUT2D eigenvalue weighted by molar-refractivity contribution is 7.80. The van der Waals surface area contributed by atoms with Crippen LogP contribution in [-0.2, 0) is 12.0 Å². The number of nitrogens with zero attached hydrogens (tertiary/aromatic N) is 2. The molecule has 3 atom stereocenters. The highest BCUT2D eigenvalue weighted by Crippen LogP contribution is 2.51. The van der Waals surface area contributed by atoms with Crippen LogP contribution in [0.2, 0.25) is 0 Å². The predicted octanol–water partition coefficient (Wildman–Crippen LogP) is 4.05. The lowest BCUT2D eigenvalue weighted by atomic mass is 9.64. The monoisotopic (exact) mass is 437 g/mol. The van der Waals surface area contributed by atoms with Crippen LogP contribution in [0.25, 0.3) is 0 Å². The van der Waals surface area contributed by atoms with E-state index in [2.05, 4.69) is 65.3 Å². The Balaban J connectivity index is 1.48. The standard InChI is InChI=1S/C25H31N3O2S/c1-2-28(24(26)31)20-10-11-25(19-8-9-21-22(14-19)30-17-29-21)12-13-27(23(25)15-20)16-18-6-4-3-5-7-18/h3-9,14,20,23H,2,10-13,15-17H2,1H3,(H2,26,31)/t20-,23-,25-/m0/s1. The van der Waals surface area contributed by atoms with Crippen molar-refractivity contribution in [2.45, 2.75) is 56.7 Å². The number of ether oxygens (including phenoxy) is 2. The Kier molecular flexibility index (Phi) is 5.52. The highest BCUT2D eigenvalue weighted by atomic mass is 32.1. The number of fused-ring (bicyclic) bond motifs is 2. The molecule has 2 N–H and O–H groups in total. The average molecular weight is 438 g/mol. The fourth-order valence-corrected chi connectivity index (χ4v) is 6.33. The fraction of sp³-hybridized carbons (Fsp3) is 0.480. The van der Waals surface area contributed by atoms with Gasteiger partial charge >= 0.3 is 0 Å². The quantitative estimate of drug-likeness (QED) is 0.713. The molecule has 0 bridgehead atoms. The number of hydrogen-bond acceptors (Lipinski definition) is 4. The smallest absolute Gasteiger partial charge is 0.231 e. The zero-order valence-electron chi connectivity index (χ0n) is 18.1. The molecule has 2 fully saturated rings. The van der Waals surface area contributed by atoms with Crippen molar-refractivity contribution in [3.05, 3.63) is 59.7 Å². The van der Waals surface area contributed by atoms with Gasteiger partial charge in [0.05, 0.1) is 0 Å². The number of nitrogens with two attached hydrogens (primary N) is 1. The molecule has 1 saturated heterocycles. The van der Waals surface area contributed by atoms with Crippen molar-refractivity contribution in [2.24, 2.45) is 5.73 Å². The first-order valence-electron chi connectivity index (χ1n) is 11.3. The number of hydrogen-bond donors (Lipinski definition) is 1. The Morgan fingerprint density at radius 2 is 1.97 bits per heavy atom. The number of benzene rings is 2. The van der Waals surface area contributed by atoms with Crippen LogP contribution < -0.4 is 15.2 Å². The minimum absolute atomic E-state index is 0.127. The molecule has 2 aromatic carbocycles. The summed E-state index contributed by atoms with van der Waals surface area (Å²) in [6, 6.07) is 18.2. The molecule has 2 aromatic rings. The molecule has 6 heteroatoms. The molecule has 31 heavy (non-hydrogen) atoms. The lowest BCUT2D eigenvalue weighted by molar-refractivity contribution is 0.101. The van der Waals surface area contributed by atoms with Crippen molar-refractivity contribution in [3.8, 4) is 11.5 Å². The van der Waals surface area contributed by atoms with Crippen LogP contribution in [0.15, 0.2) is 48.5 Å². The number of rotatable bonds is 5. The molecule has 3 aliphatic rings. The Bertz CT molecular complexity index is 953. The highest BCUT2D eigenvalue weighted by Gasteiger charge is 2.52. The summed E-state index contributed by atoms with van der Waals surface area (Å²) in [6.45, 7) is 5.40. The molecule has 0 amide bonds. The van der Waals surface area contributed by atoms with Gasteiger partial charge in [0.2, 0.25) is 6.79 Å². The Morgan fingerprint density at radius 3 is 2.74 bits per heavy atom. The van der Waals surface area contributed by atoms with E-state index in [1.807, 2.05) is 0 Å². The molecule has 0 unspecified atom stereocenters. The van der Waals surface area contributed by atoms with Crippen molar-refractivity contribution in [3.63, 3.8) is 0 Å². The van der Waals surface area contributed by atoms with Gasteiger partial charge in [0.1, 0.15) is 0 Å². The van der Waals surface area contributed by atoms with Gasteiger partial charge in [-0.1, -0.05) is 36.4 Å². The van der Waals surface area contributed by atoms with Crippen LogP contribution in [0.4, 0.5) is 0 Å². The second kappa shape index (κ2) is 8.32. The van der Waals surface area contributed by atoms with Gasteiger partial charge in [-0.25, -0.2) is 0 Å². The van der Waals surface area contributed by atoms with Gasteiger partial charge in [-0.05, 0) is 74.6 Å². The van der Waals surface area contributed by atoms with Crippen LogP contribution in [0.1, 0.15) is 43.7 Å². The molecule has 0 spiro atoms. The van der Waals surface area contributed by atoms with Gasteiger partial charge in [0.25, 0.3) is 0 Å². The average Bonchev–Trinajstić information content (AvgIpc) is 3.40. The lowest BCUT2D eigenvalue weighted by Crippen LogP contribution is -2.54. The first-order chi connectivity index (χ1) is 15.1. The molecule has 1 aliphatic carbocycles. The van der Waals surface area contributed by atoms with E-state index in [0.717, 1.165) is 56.8 Å². The van der Waals surface area contributed by atoms with Crippen LogP contribution in [0, 0.1) is 0 Å². The Hall–Kier alpha value is -2.31. The summed E-state index contributed by atoms with van der Waals surface area (Å²) in [7, 11) is 0. The van der Waals surface area contributed by atoms with Gasteiger partial charge in [0.15, 0.2) is 16.6 Å². The first-order valence-corrected chi connectivity index (χ1v) is 11.8. The third-order valence-corrected chi connectivity index (χ3v) is 7.82. The van der Waals surface area contributed by atoms with E-state index in [-0.39, 0.29) is 5.41 Å². The largest absolute Gasteiger partial charge is 0.454 e. The van der Waals surface area contributed by atoms with Gasteiger partial charge in [-0.2, -0.15) is 0 Å². The van der Waals surface area contributed by atoms with Crippen molar-refractivity contribution >= 4 is 17.3 Å². The minimum atomic E-state index is 0.127. The summed E-state index contributed by atoms with van der Waals surface area (Å²) in [6.07, 6.45) is 4.48. The van der Waals surface area contributed by atoms with Crippen molar-refractivity contribution in [2.75, 3.05) is 19.9 Å². The summed E-state index contributed by atoms with van der Waals surface area (Å²) in [5.41, 5.74) is 8.97. The molecule has 0 radical (unpaired) electrons. The molecular formula is C25H31N3O2S. The van der Waals surface area contributed by atoms with Crippen LogP contribution in [-0.4, -0.2) is 46.9 Å². The van der Waals surface area contributed by atoms with E-state index in [1.54, 1.807) is 0 Å². The summed E-state index contributed by atoms with van der Waals surface area (Å²) < 4.78 is 11.3. The molecule has 164 valence electrons. The lowest BCUT2D eigenvalue weighted by Gasteiger charge is -2.48. The molecular weight excluding hydrogens is 406 g/mol. The summed E-state index contributed by atoms with van der Waals surface area (Å²) in [5, 5.41) is 0.524. The summed E-state index contributed by atoms with van der Waals surface area (Å²) >= 11 is 5.39. The third-order valence-electron chi connectivity index (χ3n) is 7.58.